The summed E-state index contributed by atoms with van der Waals surface area (Å²) >= 11 is 18.6. The van der Waals surface area contributed by atoms with Crippen molar-refractivity contribution in [1.29, 1.82) is 0 Å². The number of rotatable bonds is 2. The molecule has 0 spiro atoms. The van der Waals surface area contributed by atoms with Crippen molar-refractivity contribution >= 4 is 34.8 Å². The van der Waals surface area contributed by atoms with E-state index >= 15 is 0 Å². The van der Waals surface area contributed by atoms with Crippen molar-refractivity contribution < 1.29 is 0 Å². The van der Waals surface area contributed by atoms with Crippen LogP contribution in [0, 0.1) is 6.92 Å². The third kappa shape index (κ3) is 2.67. The maximum absolute atomic E-state index is 6.42. The zero-order valence-corrected chi connectivity index (χ0v) is 13.4. The number of aromatic nitrogens is 2. The minimum atomic E-state index is 0.506. The van der Waals surface area contributed by atoms with Gasteiger partial charge in [0.2, 0.25) is 0 Å². The molecular weight excluding hydrogens is 327 g/mol. The molecule has 5 heteroatoms. The molecule has 2 nitrogen and oxygen atoms in total. The number of benzene rings is 2. The van der Waals surface area contributed by atoms with Crippen LogP contribution in [0.3, 0.4) is 0 Å². The predicted octanol–water partition coefficient (Wildman–Crippen LogP) is 5.81. The number of hydrogen-bond acceptors (Lipinski definition) is 1. The van der Waals surface area contributed by atoms with E-state index in [1.807, 2.05) is 37.3 Å². The first-order valence-electron chi connectivity index (χ1n) is 6.34. The summed E-state index contributed by atoms with van der Waals surface area (Å²) < 4.78 is 1.64. The standard InChI is InChI=1S/C16H11Cl3N2/c1-10-15(11-5-3-2-4-6-11)20-21(16(10)19)14-8-7-12(17)9-13(14)18/h2-9H,1H3. The zero-order chi connectivity index (χ0) is 15.0. The molecule has 106 valence electrons. The average Bonchev–Trinajstić information content (AvgIpc) is 2.77. The van der Waals surface area contributed by atoms with Crippen molar-refractivity contribution in [2.24, 2.45) is 0 Å². The van der Waals surface area contributed by atoms with Gasteiger partial charge in [0.05, 0.1) is 16.4 Å². The van der Waals surface area contributed by atoms with Crippen LogP contribution in [0.4, 0.5) is 0 Å². The highest BCUT2D eigenvalue weighted by Crippen LogP contribution is 2.32. The summed E-state index contributed by atoms with van der Waals surface area (Å²) in [6.45, 7) is 1.94. The van der Waals surface area contributed by atoms with Gasteiger partial charge in [-0.05, 0) is 25.1 Å². The molecule has 0 aliphatic carbocycles. The van der Waals surface area contributed by atoms with Crippen molar-refractivity contribution in [2.45, 2.75) is 6.92 Å². The molecule has 3 rings (SSSR count). The fourth-order valence-electron chi connectivity index (χ4n) is 2.16. The van der Waals surface area contributed by atoms with Crippen LogP contribution in [0.15, 0.2) is 48.5 Å². The van der Waals surface area contributed by atoms with Gasteiger partial charge in [0.1, 0.15) is 5.15 Å². The first-order valence-corrected chi connectivity index (χ1v) is 7.47. The summed E-state index contributed by atoms with van der Waals surface area (Å²) in [4.78, 5) is 0. The molecule has 0 aliphatic rings. The van der Waals surface area contributed by atoms with Gasteiger partial charge in [-0.2, -0.15) is 5.10 Å². The number of hydrogen-bond donors (Lipinski definition) is 0. The fourth-order valence-corrected chi connectivity index (χ4v) is 2.87. The lowest BCUT2D eigenvalue weighted by Crippen LogP contribution is -1.97. The van der Waals surface area contributed by atoms with Gasteiger partial charge in [0, 0.05) is 16.1 Å². The van der Waals surface area contributed by atoms with Crippen LogP contribution >= 0.6 is 34.8 Å². The summed E-state index contributed by atoms with van der Waals surface area (Å²) in [5.74, 6) is 0. The van der Waals surface area contributed by atoms with E-state index in [1.165, 1.54) is 0 Å². The minimum Gasteiger partial charge on any atom is -0.220 e. The van der Waals surface area contributed by atoms with Gasteiger partial charge in [-0.3, -0.25) is 0 Å². The molecule has 3 aromatic rings. The summed E-state index contributed by atoms with van der Waals surface area (Å²) in [6.07, 6.45) is 0. The smallest absolute Gasteiger partial charge is 0.136 e. The summed E-state index contributed by atoms with van der Waals surface area (Å²) in [7, 11) is 0. The van der Waals surface area contributed by atoms with Gasteiger partial charge in [-0.15, -0.1) is 0 Å². The number of nitrogens with zero attached hydrogens (tertiary/aromatic N) is 2. The summed E-state index contributed by atoms with van der Waals surface area (Å²) in [5.41, 5.74) is 3.47. The lowest BCUT2D eigenvalue weighted by molar-refractivity contribution is 0.885. The minimum absolute atomic E-state index is 0.506. The second kappa shape index (κ2) is 5.72. The normalized spacial score (nSPS) is 10.9. The van der Waals surface area contributed by atoms with E-state index in [0.29, 0.717) is 20.9 Å². The largest absolute Gasteiger partial charge is 0.220 e. The van der Waals surface area contributed by atoms with Crippen LogP contribution in [0.25, 0.3) is 16.9 Å². The molecule has 0 N–H and O–H groups in total. The van der Waals surface area contributed by atoms with E-state index in [1.54, 1.807) is 22.9 Å². The Balaban J connectivity index is 2.17. The van der Waals surface area contributed by atoms with Gasteiger partial charge in [-0.25, -0.2) is 4.68 Å². The molecular formula is C16H11Cl3N2. The second-order valence-electron chi connectivity index (χ2n) is 4.64. The highest BCUT2D eigenvalue weighted by molar-refractivity contribution is 6.36. The Bertz CT molecular complexity index is 795. The first kappa shape index (κ1) is 14.5. The summed E-state index contributed by atoms with van der Waals surface area (Å²) in [6, 6.07) is 15.1. The van der Waals surface area contributed by atoms with Crippen molar-refractivity contribution in [1.82, 2.24) is 9.78 Å². The topological polar surface area (TPSA) is 17.8 Å². The molecule has 0 unspecified atom stereocenters. The quantitative estimate of drug-likeness (QED) is 0.577. The van der Waals surface area contributed by atoms with E-state index < -0.39 is 0 Å². The van der Waals surface area contributed by atoms with Crippen molar-refractivity contribution in [2.75, 3.05) is 0 Å². The average molecular weight is 338 g/mol. The van der Waals surface area contributed by atoms with Crippen LogP contribution < -0.4 is 0 Å². The second-order valence-corrected chi connectivity index (χ2v) is 5.84. The van der Waals surface area contributed by atoms with Crippen molar-refractivity contribution in [3.8, 4) is 16.9 Å². The Kier molecular flexibility index (Phi) is 3.94. The number of halogens is 3. The van der Waals surface area contributed by atoms with Gasteiger partial charge < -0.3 is 0 Å². The van der Waals surface area contributed by atoms with Crippen LogP contribution in [0.5, 0.6) is 0 Å². The van der Waals surface area contributed by atoms with E-state index in [-0.39, 0.29) is 0 Å². The van der Waals surface area contributed by atoms with Crippen LogP contribution in [-0.4, -0.2) is 9.78 Å². The Morgan fingerprint density at radius 3 is 2.33 bits per heavy atom. The molecule has 21 heavy (non-hydrogen) atoms. The third-order valence-corrected chi connectivity index (χ3v) is 4.22. The Hall–Kier alpha value is -1.48. The van der Waals surface area contributed by atoms with E-state index in [9.17, 15) is 0 Å². The molecule has 0 fully saturated rings. The zero-order valence-electron chi connectivity index (χ0n) is 11.1. The van der Waals surface area contributed by atoms with E-state index in [4.69, 9.17) is 34.8 Å². The molecule has 1 aromatic heterocycles. The van der Waals surface area contributed by atoms with E-state index in [2.05, 4.69) is 5.10 Å². The molecule has 2 aromatic carbocycles. The van der Waals surface area contributed by atoms with Crippen molar-refractivity contribution in [3.63, 3.8) is 0 Å². The first-order chi connectivity index (χ1) is 10.1. The highest BCUT2D eigenvalue weighted by Gasteiger charge is 2.16. The van der Waals surface area contributed by atoms with Gasteiger partial charge in [0.15, 0.2) is 0 Å². The lowest BCUT2D eigenvalue weighted by atomic mass is 10.1. The molecule has 1 heterocycles. The lowest BCUT2D eigenvalue weighted by Gasteiger charge is -2.06. The Morgan fingerprint density at radius 2 is 1.67 bits per heavy atom. The highest BCUT2D eigenvalue weighted by atomic mass is 35.5. The summed E-state index contributed by atoms with van der Waals surface area (Å²) in [5, 5.41) is 6.22. The predicted molar refractivity (Wildman–Crippen MR) is 88.8 cm³/mol. The molecule has 0 radical (unpaired) electrons. The van der Waals surface area contributed by atoms with E-state index in [0.717, 1.165) is 16.8 Å². The fraction of sp³-hybridized carbons (Fsp3) is 0.0625. The van der Waals surface area contributed by atoms with Gasteiger partial charge in [-0.1, -0.05) is 65.1 Å². The SMILES string of the molecule is Cc1c(-c2ccccc2)nn(-c2ccc(Cl)cc2Cl)c1Cl. The third-order valence-electron chi connectivity index (χ3n) is 3.24. The Morgan fingerprint density at radius 1 is 0.952 bits per heavy atom. The molecule has 0 aliphatic heterocycles. The maximum atomic E-state index is 6.42. The van der Waals surface area contributed by atoms with Crippen LogP contribution in [0.2, 0.25) is 15.2 Å². The molecule has 0 bridgehead atoms. The molecule has 0 saturated carbocycles. The van der Waals surface area contributed by atoms with Gasteiger partial charge >= 0.3 is 0 Å². The Labute approximate surface area is 137 Å². The van der Waals surface area contributed by atoms with Crippen LogP contribution in [0.1, 0.15) is 5.56 Å². The maximum Gasteiger partial charge on any atom is 0.136 e. The molecule has 0 atom stereocenters. The molecule has 0 saturated heterocycles. The van der Waals surface area contributed by atoms with Crippen LogP contribution in [-0.2, 0) is 0 Å². The van der Waals surface area contributed by atoms with Crippen molar-refractivity contribution in [3.05, 3.63) is 69.3 Å². The molecule has 0 amide bonds. The van der Waals surface area contributed by atoms with Gasteiger partial charge in [0.25, 0.3) is 0 Å². The monoisotopic (exact) mass is 336 g/mol.